The van der Waals surface area contributed by atoms with Gasteiger partial charge in [0.25, 0.3) is 5.91 Å². The van der Waals surface area contributed by atoms with Gasteiger partial charge in [-0.2, -0.15) is 26.3 Å². The van der Waals surface area contributed by atoms with Gasteiger partial charge in [0.2, 0.25) is 0 Å². The Hall–Kier alpha value is -3.16. The number of rotatable bonds is 3. The highest BCUT2D eigenvalue weighted by molar-refractivity contribution is 5.92. The number of hydrogen-bond donors (Lipinski definition) is 2. The monoisotopic (exact) mass is 527 g/mol. The van der Waals surface area contributed by atoms with Crippen LogP contribution in [0.1, 0.15) is 41.9 Å². The van der Waals surface area contributed by atoms with Crippen LogP contribution in [0.3, 0.4) is 0 Å². The van der Waals surface area contributed by atoms with E-state index in [1.165, 1.54) is 19.3 Å². The van der Waals surface area contributed by atoms with Crippen LogP contribution in [0.15, 0.2) is 30.9 Å². The topological polar surface area (TPSA) is 111 Å². The molecule has 2 N–H and O–H groups in total. The van der Waals surface area contributed by atoms with Crippen molar-refractivity contribution in [3.8, 4) is 0 Å². The van der Waals surface area contributed by atoms with Gasteiger partial charge in [-0.25, -0.2) is 14.6 Å². The van der Waals surface area contributed by atoms with E-state index in [4.69, 9.17) is 19.8 Å². The molecule has 8 nitrogen and oxygen atoms in total. The standard InChI is InChI=1S/C18H25N3O.2C2HF3O2/c1-3-11-21-13-6-10-18(21)9-5-12-20(14-18)17(22)16-8-4-7-15(2)19-16;2*3-2(4,5)1(6)7/h3-4,7-8H,1,5-6,9-14H2,2H3;2*(H,6,7). The molecule has 3 heterocycles. The number of aryl methyl sites for hydroxylation is 1. The molecule has 1 aromatic heterocycles. The zero-order valence-corrected chi connectivity index (χ0v) is 19.4. The molecule has 2 fully saturated rings. The predicted molar refractivity (Wildman–Crippen MR) is 115 cm³/mol. The van der Waals surface area contributed by atoms with Gasteiger partial charge in [-0.15, -0.1) is 6.58 Å². The summed E-state index contributed by atoms with van der Waals surface area (Å²) in [5, 5.41) is 14.2. The van der Waals surface area contributed by atoms with Crippen molar-refractivity contribution >= 4 is 17.8 Å². The Balaban J connectivity index is 0.000000383. The fourth-order valence-electron chi connectivity index (χ4n) is 4.01. The predicted octanol–water partition coefficient (Wildman–Crippen LogP) is 3.91. The molecule has 36 heavy (non-hydrogen) atoms. The first-order valence-corrected chi connectivity index (χ1v) is 10.7. The molecule has 0 aromatic carbocycles. The molecule has 1 aromatic rings. The van der Waals surface area contributed by atoms with Crippen molar-refractivity contribution in [3.05, 3.63) is 42.2 Å². The maximum Gasteiger partial charge on any atom is 0.490 e. The summed E-state index contributed by atoms with van der Waals surface area (Å²) < 4.78 is 63.5. The molecule has 0 aliphatic carbocycles. The highest BCUT2D eigenvalue weighted by Crippen LogP contribution is 2.37. The average molecular weight is 527 g/mol. The molecule has 1 atom stereocenters. The molecule has 2 aliphatic heterocycles. The van der Waals surface area contributed by atoms with Crippen LogP contribution in [0.5, 0.6) is 0 Å². The van der Waals surface area contributed by atoms with Crippen molar-refractivity contribution in [1.29, 1.82) is 0 Å². The van der Waals surface area contributed by atoms with Crippen molar-refractivity contribution in [2.75, 3.05) is 26.2 Å². The van der Waals surface area contributed by atoms with E-state index in [1.807, 2.05) is 36.1 Å². The van der Waals surface area contributed by atoms with Gasteiger partial charge in [-0.05, 0) is 51.3 Å². The molecule has 2 saturated heterocycles. The number of amides is 1. The molecule has 1 spiro atoms. The molecule has 3 rings (SSSR count). The number of hydrogen-bond acceptors (Lipinski definition) is 5. The molecular weight excluding hydrogens is 500 g/mol. The first kappa shape index (κ1) is 30.9. The van der Waals surface area contributed by atoms with E-state index in [9.17, 15) is 31.1 Å². The number of carbonyl (C=O) groups is 3. The zero-order chi connectivity index (χ0) is 27.7. The van der Waals surface area contributed by atoms with Crippen molar-refractivity contribution in [2.24, 2.45) is 0 Å². The third-order valence-electron chi connectivity index (χ3n) is 5.53. The van der Waals surface area contributed by atoms with E-state index >= 15 is 0 Å². The van der Waals surface area contributed by atoms with Gasteiger partial charge in [0, 0.05) is 30.9 Å². The Morgan fingerprint density at radius 3 is 1.97 bits per heavy atom. The number of carboxylic acids is 2. The fraction of sp³-hybridized carbons (Fsp3) is 0.545. The van der Waals surface area contributed by atoms with Gasteiger partial charge >= 0.3 is 24.3 Å². The minimum Gasteiger partial charge on any atom is -0.475 e. The van der Waals surface area contributed by atoms with Crippen molar-refractivity contribution in [1.82, 2.24) is 14.8 Å². The molecule has 0 bridgehead atoms. The summed E-state index contributed by atoms with van der Waals surface area (Å²) in [7, 11) is 0. The average Bonchev–Trinajstić information content (AvgIpc) is 3.14. The molecule has 1 unspecified atom stereocenters. The summed E-state index contributed by atoms with van der Waals surface area (Å²) in [5.74, 6) is -5.44. The van der Waals surface area contributed by atoms with Crippen LogP contribution in [0.2, 0.25) is 0 Å². The number of carboxylic acid groups (broad SMARTS) is 2. The lowest BCUT2D eigenvalue weighted by Crippen LogP contribution is -2.57. The van der Waals surface area contributed by atoms with E-state index in [1.54, 1.807) is 0 Å². The van der Waals surface area contributed by atoms with Crippen LogP contribution in [0.25, 0.3) is 0 Å². The van der Waals surface area contributed by atoms with E-state index in [0.717, 1.165) is 38.3 Å². The first-order chi connectivity index (χ1) is 16.5. The van der Waals surface area contributed by atoms with Crippen LogP contribution in [-0.4, -0.2) is 86.9 Å². The Morgan fingerprint density at radius 1 is 1.03 bits per heavy atom. The summed E-state index contributed by atoms with van der Waals surface area (Å²) in [6.07, 6.45) is -3.52. The van der Waals surface area contributed by atoms with Crippen molar-refractivity contribution in [3.63, 3.8) is 0 Å². The van der Waals surface area contributed by atoms with Gasteiger partial charge in [-0.1, -0.05) is 12.1 Å². The highest BCUT2D eigenvalue weighted by Gasteiger charge is 2.44. The van der Waals surface area contributed by atoms with Gasteiger partial charge < -0.3 is 15.1 Å². The minimum atomic E-state index is -5.08. The Kier molecular flexibility index (Phi) is 10.9. The lowest BCUT2D eigenvalue weighted by Gasteiger charge is -2.45. The van der Waals surface area contributed by atoms with E-state index < -0.39 is 24.3 Å². The number of nitrogens with zero attached hydrogens (tertiary/aromatic N) is 3. The first-order valence-electron chi connectivity index (χ1n) is 10.7. The van der Waals surface area contributed by atoms with Crippen LogP contribution >= 0.6 is 0 Å². The Labute approximate surface area is 203 Å². The number of likely N-dealkylation sites (tertiary alicyclic amines) is 2. The van der Waals surface area contributed by atoms with Gasteiger partial charge in [-0.3, -0.25) is 9.69 Å². The second-order valence-corrected chi connectivity index (χ2v) is 8.16. The largest absolute Gasteiger partial charge is 0.490 e. The Morgan fingerprint density at radius 2 is 1.53 bits per heavy atom. The second kappa shape index (κ2) is 12.7. The third-order valence-corrected chi connectivity index (χ3v) is 5.53. The lowest BCUT2D eigenvalue weighted by atomic mass is 9.86. The third kappa shape index (κ3) is 9.13. The summed E-state index contributed by atoms with van der Waals surface area (Å²) in [5.41, 5.74) is 1.63. The SMILES string of the molecule is C=CCN1CCCC12CCCN(C(=O)c1cccc(C)n1)C2.O=C(O)C(F)(F)F.O=C(O)C(F)(F)F. The molecule has 202 valence electrons. The molecule has 1 amide bonds. The number of piperidine rings is 1. The molecular formula is C22H27F6N3O5. The number of carbonyl (C=O) groups excluding carboxylic acids is 1. The number of pyridine rings is 1. The Bertz CT molecular complexity index is 913. The van der Waals surface area contributed by atoms with Gasteiger partial charge in [0.15, 0.2) is 0 Å². The quantitative estimate of drug-likeness (QED) is 0.453. The highest BCUT2D eigenvalue weighted by atomic mass is 19.4. The van der Waals surface area contributed by atoms with Crippen LogP contribution in [0.4, 0.5) is 26.3 Å². The maximum atomic E-state index is 12.8. The van der Waals surface area contributed by atoms with Crippen LogP contribution in [-0.2, 0) is 9.59 Å². The van der Waals surface area contributed by atoms with E-state index in [-0.39, 0.29) is 11.4 Å². The molecule has 0 saturated carbocycles. The second-order valence-electron chi connectivity index (χ2n) is 8.16. The molecule has 14 heteroatoms. The zero-order valence-electron chi connectivity index (χ0n) is 19.4. The van der Waals surface area contributed by atoms with Gasteiger partial charge in [0.05, 0.1) is 0 Å². The van der Waals surface area contributed by atoms with E-state index in [2.05, 4.69) is 16.5 Å². The number of alkyl halides is 6. The molecule has 2 aliphatic rings. The normalized spacial score (nSPS) is 20.0. The number of halogens is 6. The lowest BCUT2D eigenvalue weighted by molar-refractivity contribution is -0.193. The molecule has 0 radical (unpaired) electrons. The summed E-state index contributed by atoms with van der Waals surface area (Å²) in [6.45, 7) is 9.53. The number of aliphatic carboxylic acids is 2. The fourth-order valence-corrected chi connectivity index (χ4v) is 4.01. The van der Waals surface area contributed by atoms with Crippen LogP contribution < -0.4 is 0 Å². The summed E-state index contributed by atoms with van der Waals surface area (Å²) in [4.78, 5) is 39.5. The van der Waals surface area contributed by atoms with Crippen LogP contribution in [0, 0.1) is 6.92 Å². The van der Waals surface area contributed by atoms with E-state index in [0.29, 0.717) is 5.69 Å². The smallest absolute Gasteiger partial charge is 0.475 e. The number of aromatic nitrogens is 1. The van der Waals surface area contributed by atoms with Crippen molar-refractivity contribution in [2.45, 2.75) is 50.5 Å². The summed E-state index contributed by atoms with van der Waals surface area (Å²) >= 11 is 0. The van der Waals surface area contributed by atoms with Crippen molar-refractivity contribution < 1.29 is 50.9 Å². The summed E-state index contributed by atoms with van der Waals surface area (Å²) in [6, 6.07) is 5.67. The van der Waals surface area contributed by atoms with Gasteiger partial charge in [0.1, 0.15) is 5.69 Å². The maximum absolute atomic E-state index is 12.8. The minimum absolute atomic E-state index is 0.0771.